The first-order valence-corrected chi connectivity index (χ1v) is 6.23. The molecule has 0 spiro atoms. The molecule has 0 aromatic heterocycles. The summed E-state index contributed by atoms with van der Waals surface area (Å²) in [5, 5.41) is 0. The fraction of sp³-hybridized carbons (Fsp3) is 1.00. The number of piperidine rings is 1. The van der Waals surface area contributed by atoms with Gasteiger partial charge in [0.25, 0.3) is 0 Å². The van der Waals surface area contributed by atoms with Crippen molar-refractivity contribution in [2.24, 2.45) is 17.1 Å². The van der Waals surface area contributed by atoms with E-state index in [1.165, 1.54) is 38.8 Å². The minimum absolute atomic E-state index is 0.386. The van der Waals surface area contributed by atoms with Crippen LogP contribution < -0.4 is 5.73 Å². The van der Waals surface area contributed by atoms with Crippen LogP contribution in [0.25, 0.3) is 0 Å². The first-order chi connectivity index (χ1) is 7.27. The van der Waals surface area contributed by atoms with Crippen molar-refractivity contribution < 1.29 is 4.74 Å². The summed E-state index contributed by atoms with van der Waals surface area (Å²) < 4.78 is 5.45. The molecule has 15 heavy (non-hydrogen) atoms. The van der Waals surface area contributed by atoms with Crippen molar-refractivity contribution in [1.82, 2.24) is 4.90 Å². The van der Waals surface area contributed by atoms with Crippen molar-refractivity contribution in [3.8, 4) is 0 Å². The first-order valence-electron chi connectivity index (χ1n) is 6.23. The second-order valence-corrected chi connectivity index (χ2v) is 5.29. The molecular weight excluding hydrogens is 188 g/mol. The van der Waals surface area contributed by atoms with Gasteiger partial charge in [-0.05, 0) is 57.2 Å². The average Bonchev–Trinajstić information content (AvgIpc) is 2.30. The second-order valence-electron chi connectivity index (χ2n) is 5.29. The van der Waals surface area contributed by atoms with Gasteiger partial charge in [-0.3, -0.25) is 0 Å². The molecule has 2 aliphatic rings. The van der Waals surface area contributed by atoms with Crippen LogP contribution in [0.2, 0.25) is 0 Å². The highest BCUT2D eigenvalue weighted by Crippen LogP contribution is 2.41. The lowest BCUT2D eigenvalue weighted by Crippen LogP contribution is -2.51. The Morgan fingerprint density at radius 3 is 2.73 bits per heavy atom. The first kappa shape index (κ1) is 11.4. The van der Waals surface area contributed by atoms with E-state index in [1.54, 1.807) is 0 Å². The SMILES string of the molecule is CN1CCCC(CN)(C2CCOCC2)C1. The minimum Gasteiger partial charge on any atom is -0.381 e. The van der Waals surface area contributed by atoms with Crippen LogP contribution in [0.15, 0.2) is 0 Å². The number of hydrogen-bond donors (Lipinski definition) is 1. The van der Waals surface area contributed by atoms with Gasteiger partial charge in [-0.1, -0.05) is 0 Å². The molecular formula is C12H24N2O. The molecule has 0 bridgehead atoms. The Morgan fingerprint density at radius 2 is 2.13 bits per heavy atom. The number of rotatable bonds is 2. The van der Waals surface area contributed by atoms with E-state index in [9.17, 15) is 0 Å². The standard InChI is InChI=1S/C12H24N2O/c1-14-6-2-5-12(9-13,10-14)11-3-7-15-8-4-11/h11H,2-10,13H2,1H3. The van der Waals surface area contributed by atoms with E-state index < -0.39 is 0 Å². The quantitative estimate of drug-likeness (QED) is 0.744. The molecule has 1 atom stereocenters. The van der Waals surface area contributed by atoms with Crippen molar-refractivity contribution in [3.63, 3.8) is 0 Å². The zero-order valence-corrected chi connectivity index (χ0v) is 9.87. The van der Waals surface area contributed by atoms with Crippen LogP contribution in [0, 0.1) is 11.3 Å². The summed E-state index contributed by atoms with van der Waals surface area (Å²) in [4.78, 5) is 2.45. The smallest absolute Gasteiger partial charge is 0.0468 e. The van der Waals surface area contributed by atoms with Gasteiger partial charge in [-0.2, -0.15) is 0 Å². The number of nitrogens with two attached hydrogens (primary N) is 1. The van der Waals surface area contributed by atoms with Gasteiger partial charge in [-0.25, -0.2) is 0 Å². The summed E-state index contributed by atoms with van der Waals surface area (Å²) in [5.74, 6) is 0.791. The van der Waals surface area contributed by atoms with Gasteiger partial charge < -0.3 is 15.4 Å². The Balaban J connectivity index is 2.04. The highest BCUT2D eigenvalue weighted by Gasteiger charge is 2.40. The van der Waals surface area contributed by atoms with Crippen LogP contribution in [0.4, 0.5) is 0 Å². The van der Waals surface area contributed by atoms with Crippen molar-refractivity contribution in [1.29, 1.82) is 0 Å². The second kappa shape index (κ2) is 4.81. The van der Waals surface area contributed by atoms with E-state index in [1.807, 2.05) is 0 Å². The minimum atomic E-state index is 0.386. The number of hydrogen-bond acceptors (Lipinski definition) is 3. The number of nitrogens with zero attached hydrogens (tertiary/aromatic N) is 1. The molecule has 1 unspecified atom stereocenters. The molecule has 2 N–H and O–H groups in total. The molecule has 0 radical (unpaired) electrons. The summed E-state index contributed by atoms with van der Waals surface area (Å²) in [6.45, 7) is 5.16. The molecule has 0 aromatic rings. The van der Waals surface area contributed by atoms with E-state index in [0.29, 0.717) is 5.41 Å². The van der Waals surface area contributed by atoms with Crippen molar-refractivity contribution >= 4 is 0 Å². The van der Waals surface area contributed by atoms with Crippen molar-refractivity contribution in [2.45, 2.75) is 25.7 Å². The summed E-state index contributed by atoms with van der Waals surface area (Å²) in [6.07, 6.45) is 5.06. The van der Waals surface area contributed by atoms with Gasteiger partial charge in [0.05, 0.1) is 0 Å². The number of ether oxygens (including phenoxy) is 1. The molecule has 2 rings (SSSR count). The Hall–Kier alpha value is -0.120. The van der Waals surface area contributed by atoms with E-state index in [2.05, 4.69) is 11.9 Å². The van der Waals surface area contributed by atoms with Crippen molar-refractivity contribution in [2.75, 3.05) is 39.9 Å². The van der Waals surface area contributed by atoms with E-state index in [-0.39, 0.29) is 0 Å². The predicted molar refractivity (Wildman–Crippen MR) is 61.8 cm³/mol. The lowest BCUT2D eigenvalue weighted by atomic mass is 9.67. The zero-order chi connectivity index (χ0) is 10.7. The van der Waals surface area contributed by atoms with Gasteiger partial charge in [0.2, 0.25) is 0 Å². The molecule has 2 fully saturated rings. The third kappa shape index (κ3) is 2.35. The van der Waals surface area contributed by atoms with Crippen LogP contribution in [0.3, 0.4) is 0 Å². The zero-order valence-electron chi connectivity index (χ0n) is 9.87. The van der Waals surface area contributed by atoms with E-state index in [4.69, 9.17) is 10.5 Å². The Labute approximate surface area is 93.0 Å². The molecule has 3 heteroatoms. The maximum Gasteiger partial charge on any atom is 0.0468 e. The van der Waals surface area contributed by atoms with Gasteiger partial charge in [0.15, 0.2) is 0 Å². The fourth-order valence-corrected chi connectivity index (χ4v) is 3.37. The predicted octanol–water partition coefficient (Wildman–Crippen LogP) is 1.08. The van der Waals surface area contributed by atoms with Gasteiger partial charge in [-0.15, -0.1) is 0 Å². The average molecular weight is 212 g/mol. The van der Waals surface area contributed by atoms with Gasteiger partial charge >= 0.3 is 0 Å². The highest BCUT2D eigenvalue weighted by molar-refractivity contribution is 4.93. The third-order valence-corrected chi connectivity index (χ3v) is 4.29. The summed E-state index contributed by atoms with van der Waals surface area (Å²) in [7, 11) is 2.23. The fourth-order valence-electron chi connectivity index (χ4n) is 3.37. The molecule has 0 amide bonds. The third-order valence-electron chi connectivity index (χ3n) is 4.29. The Morgan fingerprint density at radius 1 is 1.40 bits per heavy atom. The van der Waals surface area contributed by atoms with Crippen LogP contribution in [0.1, 0.15) is 25.7 Å². The molecule has 0 saturated carbocycles. The molecule has 0 aromatic carbocycles. The van der Waals surface area contributed by atoms with Crippen LogP contribution in [-0.4, -0.2) is 44.8 Å². The Bertz CT molecular complexity index is 204. The molecule has 2 heterocycles. The van der Waals surface area contributed by atoms with Crippen LogP contribution in [0.5, 0.6) is 0 Å². The molecule has 2 saturated heterocycles. The summed E-state index contributed by atoms with van der Waals surface area (Å²) in [5.41, 5.74) is 6.45. The summed E-state index contributed by atoms with van der Waals surface area (Å²) in [6, 6.07) is 0. The number of likely N-dealkylation sites (tertiary alicyclic amines) is 1. The topological polar surface area (TPSA) is 38.5 Å². The molecule has 0 aliphatic carbocycles. The van der Waals surface area contributed by atoms with E-state index >= 15 is 0 Å². The largest absolute Gasteiger partial charge is 0.381 e. The van der Waals surface area contributed by atoms with Crippen LogP contribution >= 0.6 is 0 Å². The van der Waals surface area contributed by atoms with Crippen LogP contribution in [-0.2, 0) is 4.74 Å². The maximum atomic E-state index is 6.06. The lowest BCUT2D eigenvalue weighted by Gasteiger charge is -2.47. The molecule has 88 valence electrons. The van der Waals surface area contributed by atoms with Gasteiger partial charge in [0.1, 0.15) is 0 Å². The van der Waals surface area contributed by atoms with Crippen molar-refractivity contribution in [3.05, 3.63) is 0 Å². The monoisotopic (exact) mass is 212 g/mol. The van der Waals surface area contributed by atoms with E-state index in [0.717, 1.165) is 25.7 Å². The molecule has 2 aliphatic heterocycles. The lowest BCUT2D eigenvalue weighted by molar-refractivity contribution is -0.0192. The Kier molecular flexibility index (Phi) is 3.65. The maximum absolute atomic E-state index is 6.06. The molecule has 3 nitrogen and oxygen atoms in total. The summed E-state index contributed by atoms with van der Waals surface area (Å²) >= 11 is 0. The highest BCUT2D eigenvalue weighted by atomic mass is 16.5. The normalized spacial score (nSPS) is 35.6. The van der Waals surface area contributed by atoms with Gasteiger partial charge in [0, 0.05) is 19.8 Å².